The number of aromatic nitrogens is 1. The molecule has 0 spiro atoms. The zero-order valence-corrected chi connectivity index (χ0v) is 15.0. The molecule has 1 N–H and O–H groups in total. The van der Waals surface area contributed by atoms with Gasteiger partial charge in [0.05, 0.1) is 12.2 Å². The topological polar surface area (TPSA) is 42.0 Å². The third kappa shape index (κ3) is 3.83. The number of rotatable bonds is 4. The lowest BCUT2D eigenvalue weighted by Crippen LogP contribution is -2.22. The number of carbonyl (C=O) groups is 1. The van der Waals surface area contributed by atoms with Crippen molar-refractivity contribution in [1.82, 2.24) is 10.3 Å². The van der Waals surface area contributed by atoms with E-state index in [2.05, 4.69) is 10.3 Å². The Balaban J connectivity index is 1.70. The summed E-state index contributed by atoms with van der Waals surface area (Å²) in [5.41, 5.74) is 3.77. The van der Waals surface area contributed by atoms with Gasteiger partial charge in [0, 0.05) is 21.0 Å². The van der Waals surface area contributed by atoms with Crippen molar-refractivity contribution in [2.75, 3.05) is 0 Å². The summed E-state index contributed by atoms with van der Waals surface area (Å²) >= 11 is 7.51. The average Bonchev–Trinajstić information content (AvgIpc) is 2.95. The van der Waals surface area contributed by atoms with Gasteiger partial charge in [0.2, 0.25) is 0 Å². The average molecular weight is 357 g/mol. The maximum atomic E-state index is 12.2. The Hall–Kier alpha value is -2.17. The van der Waals surface area contributed by atoms with Crippen LogP contribution in [-0.4, -0.2) is 10.9 Å². The number of hydrogen-bond acceptors (Lipinski definition) is 3. The number of carbonyl (C=O) groups excluding carboxylic acids is 1. The van der Waals surface area contributed by atoms with Crippen molar-refractivity contribution in [3.05, 3.63) is 75.3 Å². The van der Waals surface area contributed by atoms with Crippen molar-refractivity contribution in [1.29, 1.82) is 0 Å². The predicted molar refractivity (Wildman–Crippen MR) is 99.6 cm³/mol. The molecule has 0 saturated heterocycles. The first-order valence-electron chi connectivity index (χ1n) is 7.60. The summed E-state index contributed by atoms with van der Waals surface area (Å²) in [6.07, 6.45) is 0. The molecule has 1 amide bonds. The van der Waals surface area contributed by atoms with Gasteiger partial charge in [0.15, 0.2) is 0 Å². The fourth-order valence-electron chi connectivity index (χ4n) is 2.28. The monoisotopic (exact) mass is 356 g/mol. The summed E-state index contributed by atoms with van der Waals surface area (Å²) in [5.74, 6) is -0.0733. The highest BCUT2D eigenvalue weighted by Gasteiger charge is 2.11. The quantitative estimate of drug-likeness (QED) is 0.713. The number of amides is 1. The SMILES string of the molecule is Cc1ccc(C(=O)NCc2sc(-c3ccc(Cl)cc3)nc2C)cc1. The summed E-state index contributed by atoms with van der Waals surface area (Å²) in [7, 11) is 0. The third-order valence-electron chi connectivity index (χ3n) is 3.71. The van der Waals surface area contributed by atoms with Crippen LogP contribution in [-0.2, 0) is 6.54 Å². The predicted octanol–water partition coefficient (Wildman–Crippen LogP) is 5.01. The van der Waals surface area contributed by atoms with Crippen molar-refractivity contribution < 1.29 is 4.79 Å². The highest BCUT2D eigenvalue weighted by atomic mass is 35.5. The summed E-state index contributed by atoms with van der Waals surface area (Å²) in [6, 6.07) is 15.2. The zero-order chi connectivity index (χ0) is 17.1. The van der Waals surface area contributed by atoms with E-state index in [1.807, 2.05) is 62.4 Å². The lowest BCUT2D eigenvalue weighted by atomic mass is 10.1. The molecule has 1 heterocycles. The van der Waals surface area contributed by atoms with Crippen LogP contribution in [0.3, 0.4) is 0 Å². The second-order valence-electron chi connectivity index (χ2n) is 5.58. The molecule has 0 radical (unpaired) electrons. The van der Waals surface area contributed by atoms with E-state index in [4.69, 9.17) is 11.6 Å². The number of hydrogen-bond donors (Lipinski definition) is 1. The molecule has 5 heteroatoms. The minimum atomic E-state index is -0.0733. The van der Waals surface area contributed by atoms with Gasteiger partial charge in [-0.15, -0.1) is 11.3 Å². The second kappa shape index (κ2) is 7.16. The van der Waals surface area contributed by atoms with Crippen LogP contribution in [0.4, 0.5) is 0 Å². The van der Waals surface area contributed by atoms with Crippen LogP contribution in [0, 0.1) is 13.8 Å². The highest BCUT2D eigenvalue weighted by molar-refractivity contribution is 7.15. The van der Waals surface area contributed by atoms with Crippen molar-refractivity contribution in [3.63, 3.8) is 0 Å². The second-order valence-corrected chi connectivity index (χ2v) is 7.10. The van der Waals surface area contributed by atoms with Crippen LogP contribution in [0.5, 0.6) is 0 Å². The maximum absolute atomic E-state index is 12.2. The van der Waals surface area contributed by atoms with E-state index in [1.54, 1.807) is 11.3 Å². The first-order valence-corrected chi connectivity index (χ1v) is 8.79. The number of halogens is 1. The zero-order valence-electron chi connectivity index (χ0n) is 13.5. The fourth-order valence-corrected chi connectivity index (χ4v) is 3.41. The lowest BCUT2D eigenvalue weighted by Gasteiger charge is -2.04. The van der Waals surface area contributed by atoms with Gasteiger partial charge in [0.1, 0.15) is 5.01 Å². The van der Waals surface area contributed by atoms with Crippen LogP contribution in [0.1, 0.15) is 26.5 Å². The van der Waals surface area contributed by atoms with E-state index in [0.717, 1.165) is 26.7 Å². The van der Waals surface area contributed by atoms with Gasteiger partial charge in [-0.2, -0.15) is 0 Å². The molecule has 3 aromatic rings. The Labute approximate surface area is 150 Å². The number of nitrogens with zero attached hydrogens (tertiary/aromatic N) is 1. The summed E-state index contributed by atoms with van der Waals surface area (Å²) < 4.78 is 0. The summed E-state index contributed by atoms with van der Waals surface area (Å²) in [6.45, 7) is 4.44. The molecule has 3 nitrogen and oxygen atoms in total. The van der Waals surface area contributed by atoms with Gasteiger partial charge in [-0.1, -0.05) is 41.4 Å². The van der Waals surface area contributed by atoms with Gasteiger partial charge in [-0.3, -0.25) is 4.79 Å². The summed E-state index contributed by atoms with van der Waals surface area (Å²) in [5, 5.41) is 4.60. The number of aryl methyl sites for hydroxylation is 2. The Morgan fingerprint density at radius 3 is 2.42 bits per heavy atom. The van der Waals surface area contributed by atoms with Crippen LogP contribution in [0.2, 0.25) is 5.02 Å². The molecule has 0 unspecified atom stereocenters. The smallest absolute Gasteiger partial charge is 0.251 e. The highest BCUT2D eigenvalue weighted by Crippen LogP contribution is 2.28. The number of thiazole rings is 1. The molecule has 0 atom stereocenters. The van der Waals surface area contributed by atoms with Gasteiger partial charge in [0.25, 0.3) is 5.91 Å². The largest absolute Gasteiger partial charge is 0.347 e. The minimum Gasteiger partial charge on any atom is -0.347 e. The molecule has 0 aliphatic carbocycles. The normalized spacial score (nSPS) is 10.6. The van der Waals surface area contributed by atoms with Gasteiger partial charge in [-0.05, 0) is 38.1 Å². The molecule has 122 valence electrons. The summed E-state index contributed by atoms with van der Waals surface area (Å²) in [4.78, 5) is 17.9. The van der Waals surface area contributed by atoms with Crippen molar-refractivity contribution in [3.8, 4) is 10.6 Å². The van der Waals surface area contributed by atoms with Crippen molar-refractivity contribution >= 4 is 28.8 Å². The van der Waals surface area contributed by atoms with E-state index in [-0.39, 0.29) is 5.91 Å². The molecule has 0 saturated carbocycles. The standard InChI is InChI=1S/C19H17ClN2OS/c1-12-3-5-14(6-4-12)18(23)21-11-17-13(2)22-19(24-17)15-7-9-16(20)10-8-15/h3-10H,11H2,1-2H3,(H,21,23). The van der Waals surface area contributed by atoms with Crippen LogP contribution < -0.4 is 5.32 Å². The maximum Gasteiger partial charge on any atom is 0.251 e. The Bertz CT molecular complexity index is 854. The first kappa shape index (κ1) is 16.7. The molecule has 1 aromatic heterocycles. The van der Waals surface area contributed by atoms with Gasteiger partial charge >= 0.3 is 0 Å². The van der Waals surface area contributed by atoms with Gasteiger partial charge < -0.3 is 5.32 Å². The van der Waals surface area contributed by atoms with Crippen molar-refractivity contribution in [2.45, 2.75) is 20.4 Å². The fraction of sp³-hybridized carbons (Fsp3) is 0.158. The Morgan fingerprint density at radius 1 is 1.08 bits per heavy atom. The number of nitrogens with one attached hydrogen (secondary N) is 1. The molecule has 0 bridgehead atoms. The number of benzene rings is 2. The first-order chi connectivity index (χ1) is 11.5. The molecule has 2 aromatic carbocycles. The minimum absolute atomic E-state index is 0.0733. The molecule has 3 rings (SSSR count). The third-order valence-corrected chi connectivity index (χ3v) is 5.17. The Kier molecular flexibility index (Phi) is 4.97. The molecule has 0 aliphatic rings. The van der Waals surface area contributed by atoms with E-state index in [1.165, 1.54) is 0 Å². The van der Waals surface area contributed by atoms with Crippen LogP contribution >= 0.6 is 22.9 Å². The van der Waals surface area contributed by atoms with E-state index >= 15 is 0 Å². The van der Waals surface area contributed by atoms with Crippen molar-refractivity contribution in [2.24, 2.45) is 0 Å². The van der Waals surface area contributed by atoms with Gasteiger partial charge in [-0.25, -0.2) is 4.98 Å². The Morgan fingerprint density at radius 2 is 1.75 bits per heavy atom. The lowest BCUT2D eigenvalue weighted by molar-refractivity contribution is 0.0951. The van der Waals surface area contributed by atoms with Crippen LogP contribution in [0.25, 0.3) is 10.6 Å². The molecular formula is C19H17ClN2OS. The molecule has 0 fully saturated rings. The molecule has 24 heavy (non-hydrogen) atoms. The van der Waals surface area contributed by atoms with E-state index in [0.29, 0.717) is 17.1 Å². The van der Waals surface area contributed by atoms with Crippen LogP contribution in [0.15, 0.2) is 48.5 Å². The molecule has 0 aliphatic heterocycles. The van der Waals surface area contributed by atoms with E-state index in [9.17, 15) is 4.79 Å². The molecular weight excluding hydrogens is 340 g/mol. The van der Waals surface area contributed by atoms with E-state index < -0.39 is 0 Å².